The van der Waals surface area contributed by atoms with Crippen LogP contribution in [0.5, 0.6) is 0 Å². The number of hydrogen-bond donors (Lipinski definition) is 2. The predicted octanol–water partition coefficient (Wildman–Crippen LogP) is 0.130. The first-order valence-corrected chi connectivity index (χ1v) is 5.35. The van der Waals surface area contributed by atoms with Crippen LogP contribution in [0.25, 0.3) is 0 Å². The second-order valence-electron chi connectivity index (χ2n) is 3.19. The highest BCUT2D eigenvalue weighted by atomic mass is 32.1. The molecule has 0 radical (unpaired) electrons. The van der Waals surface area contributed by atoms with Crippen molar-refractivity contribution in [1.82, 2.24) is 15.2 Å². The van der Waals surface area contributed by atoms with Gasteiger partial charge in [0.1, 0.15) is 5.00 Å². The number of thiazole rings is 1. The molecule has 72 valence electrons. The van der Waals surface area contributed by atoms with Crippen LogP contribution in [0.4, 0.5) is 5.00 Å². The van der Waals surface area contributed by atoms with Crippen molar-refractivity contribution in [3.8, 4) is 0 Å². The highest BCUT2D eigenvalue weighted by Gasteiger charge is 2.12. The third kappa shape index (κ3) is 2.18. The van der Waals surface area contributed by atoms with Crippen molar-refractivity contribution in [3.05, 3.63) is 11.2 Å². The Kier molecular flexibility index (Phi) is 2.77. The lowest BCUT2D eigenvalue weighted by Gasteiger charge is -2.26. The van der Waals surface area contributed by atoms with E-state index in [9.17, 15) is 0 Å². The molecule has 5 heteroatoms. The lowest BCUT2D eigenvalue weighted by molar-refractivity contribution is 0.231. The fourth-order valence-corrected chi connectivity index (χ4v) is 2.02. The molecule has 2 heterocycles. The molecule has 0 unspecified atom stereocenters. The summed E-state index contributed by atoms with van der Waals surface area (Å²) in [5, 5.41) is 4.18. The van der Waals surface area contributed by atoms with Crippen LogP contribution in [0.2, 0.25) is 0 Å². The quantitative estimate of drug-likeness (QED) is 0.709. The van der Waals surface area contributed by atoms with Crippen LogP contribution in [0.1, 0.15) is 5.69 Å². The Labute approximate surface area is 81.8 Å². The summed E-state index contributed by atoms with van der Waals surface area (Å²) in [6.45, 7) is 5.24. The summed E-state index contributed by atoms with van der Waals surface area (Å²) in [6.07, 6.45) is 0. The van der Waals surface area contributed by atoms with E-state index >= 15 is 0 Å². The second-order valence-corrected chi connectivity index (χ2v) is 4.08. The van der Waals surface area contributed by atoms with Gasteiger partial charge in [0, 0.05) is 32.7 Å². The minimum absolute atomic E-state index is 0.860. The van der Waals surface area contributed by atoms with Gasteiger partial charge in [0.05, 0.1) is 11.2 Å². The van der Waals surface area contributed by atoms with Gasteiger partial charge in [0.15, 0.2) is 0 Å². The molecule has 1 saturated heterocycles. The molecule has 0 aromatic carbocycles. The fourth-order valence-electron chi connectivity index (χ4n) is 1.48. The van der Waals surface area contributed by atoms with E-state index in [4.69, 9.17) is 5.73 Å². The highest BCUT2D eigenvalue weighted by molar-refractivity contribution is 7.13. The van der Waals surface area contributed by atoms with E-state index in [1.807, 2.05) is 5.51 Å². The molecule has 0 saturated carbocycles. The maximum absolute atomic E-state index is 5.77. The normalized spacial score (nSPS) is 19.1. The molecule has 1 aliphatic heterocycles. The molecule has 3 N–H and O–H groups in total. The number of nitrogens with two attached hydrogens (primary N) is 1. The second kappa shape index (κ2) is 4.04. The summed E-state index contributed by atoms with van der Waals surface area (Å²) in [4.78, 5) is 6.62. The molecule has 2 rings (SSSR count). The van der Waals surface area contributed by atoms with Gasteiger partial charge in [-0.15, -0.1) is 11.3 Å². The van der Waals surface area contributed by atoms with Crippen LogP contribution >= 0.6 is 11.3 Å². The van der Waals surface area contributed by atoms with Crippen molar-refractivity contribution < 1.29 is 0 Å². The van der Waals surface area contributed by atoms with E-state index < -0.39 is 0 Å². The monoisotopic (exact) mass is 198 g/mol. The largest absolute Gasteiger partial charge is 0.389 e. The van der Waals surface area contributed by atoms with Gasteiger partial charge >= 0.3 is 0 Å². The van der Waals surface area contributed by atoms with Crippen LogP contribution < -0.4 is 11.1 Å². The lowest BCUT2D eigenvalue weighted by atomic mass is 10.3. The minimum atomic E-state index is 0.860. The highest BCUT2D eigenvalue weighted by Crippen LogP contribution is 2.17. The lowest BCUT2D eigenvalue weighted by Crippen LogP contribution is -2.43. The summed E-state index contributed by atoms with van der Waals surface area (Å²) in [5.74, 6) is 0. The number of piperazine rings is 1. The van der Waals surface area contributed by atoms with Crippen molar-refractivity contribution in [1.29, 1.82) is 0 Å². The number of nitrogen functional groups attached to an aromatic ring is 1. The summed E-state index contributed by atoms with van der Waals surface area (Å²) in [7, 11) is 0. The molecular weight excluding hydrogens is 184 g/mol. The molecule has 4 nitrogen and oxygen atoms in total. The van der Waals surface area contributed by atoms with Crippen molar-refractivity contribution in [2.24, 2.45) is 0 Å². The number of rotatable bonds is 2. The zero-order chi connectivity index (χ0) is 9.10. The van der Waals surface area contributed by atoms with E-state index in [2.05, 4.69) is 15.2 Å². The van der Waals surface area contributed by atoms with Crippen molar-refractivity contribution >= 4 is 16.3 Å². The zero-order valence-corrected chi connectivity index (χ0v) is 8.31. The first-order chi connectivity index (χ1) is 6.36. The van der Waals surface area contributed by atoms with Crippen LogP contribution in [0, 0.1) is 0 Å². The molecule has 0 amide bonds. The van der Waals surface area contributed by atoms with Gasteiger partial charge in [-0.2, -0.15) is 0 Å². The van der Waals surface area contributed by atoms with Gasteiger partial charge in [0.25, 0.3) is 0 Å². The first kappa shape index (κ1) is 8.93. The molecule has 0 bridgehead atoms. The number of hydrogen-bond acceptors (Lipinski definition) is 5. The predicted molar refractivity (Wildman–Crippen MR) is 54.7 cm³/mol. The molecule has 1 fully saturated rings. The van der Waals surface area contributed by atoms with E-state index in [1.165, 1.54) is 11.3 Å². The average Bonchev–Trinajstić information content (AvgIpc) is 2.54. The summed E-state index contributed by atoms with van der Waals surface area (Å²) >= 11 is 1.52. The van der Waals surface area contributed by atoms with Crippen LogP contribution in [-0.2, 0) is 6.54 Å². The molecule has 1 aromatic heterocycles. The first-order valence-electron chi connectivity index (χ1n) is 4.47. The third-order valence-electron chi connectivity index (χ3n) is 2.26. The van der Waals surface area contributed by atoms with Gasteiger partial charge in [-0.25, -0.2) is 4.98 Å². The van der Waals surface area contributed by atoms with Gasteiger partial charge in [-0.05, 0) is 0 Å². The molecule has 0 spiro atoms. The Balaban J connectivity index is 1.93. The maximum Gasteiger partial charge on any atom is 0.110 e. The van der Waals surface area contributed by atoms with E-state index in [0.717, 1.165) is 43.4 Å². The van der Waals surface area contributed by atoms with Gasteiger partial charge in [0.2, 0.25) is 0 Å². The summed E-state index contributed by atoms with van der Waals surface area (Å²) in [5.41, 5.74) is 8.62. The van der Waals surface area contributed by atoms with Gasteiger partial charge in [-0.1, -0.05) is 0 Å². The standard InChI is InChI=1S/C8H14N4S/c9-8-7(11-6-13-8)5-12-3-1-10-2-4-12/h6,10H,1-5,9H2. The van der Waals surface area contributed by atoms with E-state index in [0.29, 0.717) is 0 Å². The van der Waals surface area contributed by atoms with Crippen molar-refractivity contribution in [3.63, 3.8) is 0 Å². The molecule has 0 atom stereocenters. The average molecular weight is 198 g/mol. The Hall–Kier alpha value is -0.650. The van der Waals surface area contributed by atoms with Crippen molar-refractivity contribution in [2.45, 2.75) is 6.54 Å². The van der Waals surface area contributed by atoms with Crippen molar-refractivity contribution in [2.75, 3.05) is 31.9 Å². The van der Waals surface area contributed by atoms with Gasteiger partial charge in [-0.3, -0.25) is 4.90 Å². The topological polar surface area (TPSA) is 54.2 Å². The Morgan fingerprint density at radius 1 is 1.54 bits per heavy atom. The Morgan fingerprint density at radius 2 is 2.31 bits per heavy atom. The third-order valence-corrected chi connectivity index (χ3v) is 2.96. The minimum Gasteiger partial charge on any atom is -0.389 e. The zero-order valence-electron chi connectivity index (χ0n) is 7.49. The molecular formula is C8H14N4S. The molecule has 13 heavy (non-hydrogen) atoms. The van der Waals surface area contributed by atoms with Crippen LogP contribution in [0.3, 0.4) is 0 Å². The van der Waals surface area contributed by atoms with E-state index in [-0.39, 0.29) is 0 Å². The number of anilines is 1. The number of nitrogens with zero attached hydrogens (tertiary/aromatic N) is 2. The maximum atomic E-state index is 5.77. The molecule has 0 aliphatic carbocycles. The smallest absolute Gasteiger partial charge is 0.110 e. The van der Waals surface area contributed by atoms with Gasteiger partial charge < -0.3 is 11.1 Å². The van der Waals surface area contributed by atoms with E-state index in [1.54, 1.807) is 0 Å². The Bertz CT molecular complexity index is 267. The fraction of sp³-hybridized carbons (Fsp3) is 0.625. The SMILES string of the molecule is Nc1scnc1CN1CCNCC1. The Morgan fingerprint density at radius 3 is 2.92 bits per heavy atom. The number of nitrogens with one attached hydrogen (secondary N) is 1. The molecule has 1 aliphatic rings. The summed E-state index contributed by atoms with van der Waals surface area (Å²) in [6, 6.07) is 0. The van der Waals surface area contributed by atoms with Crippen LogP contribution in [0.15, 0.2) is 5.51 Å². The summed E-state index contributed by atoms with van der Waals surface area (Å²) < 4.78 is 0. The van der Waals surface area contributed by atoms with Crippen LogP contribution in [-0.4, -0.2) is 36.1 Å². The number of aromatic nitrogens is 1. The molecule has 1 aromatic rings.